The summed E-state index contributed by atoms with van der Waals surface area (Å²) in [7, 11) is 0. The monoisotopic (exact) mass is 241 g/mol. The minimum Gasteiger partial charge on any atom is -0.344 e. The molecule has 0 saturated heterocycles. The fourth-order valence-electron chi connectivity index (χ4n) is 2.60. The predicted octanol–water partition coefficient (Wildman–Crippen LogP) is 4.83. The maximum absolute atomic E-state index is 2.51. The van der Waals surface area contributed by atoms with Crippen molar-refractivity contribution in [2.45, 2.75) is 46.6 Å². The zero-order valence-electron chi connectivity index (χ0n) is 11.7. The molecule has 2 rings (SSSR count). The largest absolute Gasteiger partial charge is 0.344 e. The van der Waals surface area contributed by atoms with Crippen molar-refractivity contribution in [3.63, 3.8) is 0 Å². The van der Waals surface area contributed by atoms with Crippen molar-refractivity contribution in [2.24, 2.45) is 0 Å². The molecule has 0 bridgehead atoms. The van der Waals surface area contributed by atoms with Crippen molar-refractivity contribution in [2.75, 3.05) is 0 Å². The minimum atomic E-state index is 1.11. The van der Waals surface area contributed by atoms with E-state index in [4.69, 9.17) is 0 Å². The molecule has 1 heteroatoms. The summed E-state index contributed by atoms with van der Waals surface area (Å²) in [5.41, 5.74) is 5.60. The van der Waals surface area contributed by atoms with Crippen LogP contribution in [-0.2, 0) is 13.0 Å². The van der Waals surface area contributed by atoms with Crippen molar-refractivity contribution in [1.82, 2.24) is 4.57 Å². The van der Waals surface area contributed by atoms with E-state index in [9.17, 15) is 0 Å². The number of nitrogens with zero attached hydrogens (tertiary/aromatic N) is 1. The lowest BCUT2D eigenvalue weighted by Crippen LogP contribution is -2.04. The van der Waals surface area contributed by atoms with E-state index in [0.29, 0.717) is 0 Å². The maximum Gasteiger partial charge on any atom is 0.0512 e. The summed E-state index contributed by atoms with van der Waals surface area (Å²) in [5, 5.41) is 0. The molecule has 0 amide bonds. The molecule has 0 fully saturated rings. The average molecular weight is 241 g/mol. The highest BCUT2D eigenvalue weighted by Crippen LogP contribution is 2.27. The van der Waals surface area contributed by atoms with Gasteiger partial charge in [-0.1, -0.05) is 50.6 Å². The van der Waals surface area contributed by atoms with Crippen LogP contribution in [0.3, 0.4) is 0 Å². The summed E-state index contributed by atoms with van der Waals surface area (Å²) in [6.45, 7) is 7.86. The van der Waals surface area contributed by atoms with E-state index in [1.54, 1.807) is 0 Å². The molecule has 0 saturated carbocycles. The first kappa shape index (κ1) is 12.9. The SMILES string of the molecule is CCCCn1c(CC)cc(C)c1-c1ccccc1. The Labute approximate surface area is 110 Å². The Hall–Kier alpha value is -1.50. The Kier molecular flexibility index (Phi) is 4.24. The van der Waals surface area contributed by atoms with Crippen molar-refractivity contribution < 1.29 is 0 Å². The van der Waals surface area contributed by atoms with Crippen molar-refractivity contribution in [1.29, 1.82) is 0 Å². The van der Waals surface area contributed by atoms with Crippen LogP contribution in [0, 0.1) is 6.92 Å². The second kappa shape index (κ2) is 5.90. The standard InChI is InChI=1S/C17H23N/c1-4-6-12-18-16(5-2)13-14(3)17(18)15-10-8-7-9-11-15/h7-11,13H,4-6,12H2,1-3H3. The van der Waals surface area contributed by atoms with Gasteiger partial charge >= 0.3 is 0 Å². The zero-order chi connectivity index (χ0) is 13.0. The fraction of sp³-hybridized carbons (Fsp3) is 0.412. The Morgan fingerprint density at radius 1 is 1.06 bits per heavy atom. The van der Waals surface area contributed by atoms with Crippen LogP contribution in [0.2, 0.25) is 0 Å². The van der Waals surface area contributed by atoms with Gasteiger partial charge in [0, 0.05) is 12.2 Å². The molecule has 96 valence electrons. The highest BCUT2D eigenvalue weighted by Gasteiger charge is 2.12. The maximum atomic E-state index is 2.51. The topological polar surface area (TPSA) is 4.93 Å². The molecule has 1 heterocycles. The van der Waals surface area contributed by atoms with Crippen LogP contribution in [0.1, 0.15) is 37.9 Å². The van der Waals surface area contributed by atoms with Gasteiger partial charge in [0.25, 0.3) is 0 Å². The number of aromatic nitrogens is 1. The summed E-state index contributed by atoms with van der Waals surface area (Å²) >= 11 is 0. The first-order valence-corrected chi connectivity index (χ1v) is 7.02. The van der Waals surface area contributed by atoms with E-state index in [2.05, 4.69) is 61.7 Å². The lowest BCUT2D eigenvalue weighted by atomic mass is 10.1. The molecule has 18 heavy (non-hydrogen) atoms. The van der Waals surface area contributed by atoms with Gasteiger partial charge in [-0.25, -0.2) is 0 Å². The molecule has 1 nitrogen and oxygen atoms in total. The highest BCUT2D eigenvalue weighted by atomic mass is 15.0. The average Bonchev–Trinajstić information content (AvgIpc) is 2.73. The van der Waals surface area contributed by atoms with Crippen molar-refractivity contribution in [3.8, 4) is 11.3 Å². The van der Waals surface area contributed by atoms with Crippen molar-refractivity contribution >= 4 is 0 Å². The van der Waals surface area contributed by atoms with Gasteiger partial charge in [0.05, 0.1) is 5.69 Å². The number of hydrogen-bond acceptors (Lipinski definition) is 0. The van der Waals surface area contributed by atoms with E-state index >= 15 is 0 Å². The van der Waals surface area contributed by atoms with Crippen LogP contribution < -0.4 is 0 Å². The molecule has 0 aliphatic carbocycles. The van der Waals surface area contributed by atoms with Gasteiger partial charge < -0.3 is 4.57 Å². The van der Waals surface area contributed by atoms with Gasteiger partial charge in [-0.05, 0) is 37.0 Å². The lowest BCUT2D eigenvalue weighted by molar-refractivity contribution is 0.618. The summed E-state index contributed by atoms with van der Waals surface area (Å²) < 4.78 is 2.51. The van der Waals surface area contributed by atoms with Gasteiger partial charge in [-0.3, -0.25) is 0 Å². The third-order valence-corrected chi connectivity index (χ3v) is 3.52. The summed E-state index contributed by atoms with van der Waals surface area (Å²) in [4.78, 5) is 0. The van der Waals surface area contributed by atoms with Gasteiger partial charge in [0.2, 0.25) is 0 Å². The van der Waals surface area contributed by atoms with Crippen molar-refractivity contribution in [3.05, 3.63) is 47.7 Å². The molecule has 0 atom stereocenters. The lowest BCUT2D eigenvalue weighted by Gasteiger charge is -2.13. The number of rotatable bonds is 5. The van der Waals surface area contributed by atoms with E-state index in [1.807, 2.05) is 0 Å². The minimum absolute atomic E-state index is 1.11. The number of aryl methyl sites for hydroxylation is 2. The molecular formula is C17H23N. The molecule has 0 aliphatic heterocycles. The number of unbranched alkanes of at least 4 members (excludes halogenated alkanes) is 1. The molecule has 0 N–H and O–H groups in total. The Morgan fingerprint density at radius 3 is 2.39 bits per heavy atom. The van der Waals surface area contributed by atoms with E-state index in [-0.39, 0.29) is 0 Å². The third-order valence-electron chi connectivity index (χ3n) is 3.52. The van der Waals surface area contributed by atoms with Crippen LogP contribution in [0.25, 0.3) is 11.3 Å². The molecule has 0 aliphatic rings. The third kappa shape index (κ3) is 2.50. The first-order valence-electron chi connectivity index (χ1n) is 7.02. The normalized spacial score (nSPS) is 10.8. The molecule has 0 radical (unpaired) electrons. The molecule has 0 unspecified atom stereocenters. The Morgan fingerprint density at radius 2 is 1.78 bits per heavy atom. The van der Waals surface area contributed by atoms with Crippen LogP contribution in [0.5, 0.6) is 0 Å². The molecule has 1 aromatic heterocycles. The Bertz CT molecular complexity index is 494. The smallest absolute Gasteiger partial charge is 0.0512 e. The highest BCUT2D eigenvalue weighted by molar-refractivity contribution is 5.65. The van der Waals surface area contributed by atoms with E-state index in [0.717, 1.165) is 13.0 Å². The number of benzene rings is 1. The number of hydrogen-bond donors (Lipinski definition) is 0. The zero-order valence-corrected chi connectivity index (χ0v) is 11.7. The summed E-state index contributed by atoms with van der Waals surface area (Å²) in [6, 6.07) is 13.1. The molecule has 1 aromatic carbocycles. The second-order valence-corrected chi connectivity index (χ2v) is 4.89. The first-order chi connectivity index (χ1) is 8.77. The van der Waals surface area contributed by atoms with Crippen LogP contribution in [0.15, 0.2) is 36.4 Å². The van der Waals surface area contributed by atoms with E-state index < -0.39 is 0 Å². The van der Waals surface area contributed by atoms with Gasteiger partial charge in [-0.15, -0.1) is 0 Å². The van der Waals surface area contributed by atoms with Gasteiger partial charge in [0.15, 0.2) is 0 Å². The Balaban J connectivity index is 2.48. The molecule has 0 spiro atoms. The van der Waals surface area contributed by atoms with Crippen LogP contribution >= 0.6 is 0 Å². The summed E-state index contributed by atoms with van der Waals surface area (Å²) in [6.07, 6.45) is 3.60. The molecular weight excluding hydrogens is 218 g/mol. The van der Waals surface area contributed by atoms with Crippen LogP contribution in [0.4, 0.5) is 0 Å². The van der Waals surface area contributed by atoms with Gasteiger partial charge in [-0.2, -0.15) is 0 Å². The van der Waals surface area contributed by atoms with Gasteiger partial charge in [0.1, 0.15) is 0 Å². The fourth-order valence-corrected chi connectivity index (χ4v) is 2.60. The van der Waals surface area contributed by atoms with Crippen LogP contribution in [-0.4, -0.2) is 4.57 Å². The quantitative estimate of drug-likeness (QED) is 0.707. The predicted molar refractivity (Wildman–Crippen MR) is 78.9 cm³/mol. The van der Waals surface area contributed by atoms with E-state index in [1.165, 1.54) is 35.4 Å². The molecule has 2 aromatic rings. The summed E-state index contributed by atoms with van der Waals surface area (Å²) in [5.74, 6) is 0. The second-order valence-electron chi connectivity index (χ2n) is 4.89.